The van der Waals surface area contributed by atoms with E-state index in [9.17, 15) is 13.2 Å². The van der Waals surface area contributed by atoms with E-state index in [1.54, 1.807) is 12.1 Å². The maximum absolute atomic E-state index is 12.2. The lowest BCUT2D eigenvalue weighted by atomic mass is 10.2. The molecule has 0 aliphatic heterocycles. The van der Waals surface area contributed by atoms with E-state index < -0.39 is 10.0 Å². The van der Waals surface area contributed by atoms with Crippen LogP contribution in [0.2, 0.25) is 0 Å². The molecule has 0 atom stereocenters. The number of anilines is 1. The molecule has 0 aliphatic carbocycles. The Morgan fingerprint density at radius 3 is 2.55 bits per heavy atom. The fourth-order valence-electron chi connectivity index (χ4n) is 3.26. The largest absolute Gasteiger partial charge is 0.494 e. The summed E-state index contributed by atoms with van der Waals surface area (Å²) in [5, 5.41) is 6.67. The Morgan fingerprint density at radius 1 is 1.15 bits per heavy atom. The van der Waals surface area contributed by atoms with E-state index in [2.05, 4.69) is 15.5 Å². The Bertz CT molecular complexity index is 1180. The molecule has 0 bridgehead atoms. The van der Waals surface area contributed by atoms with Crippen LogP contribution in [-0.2, 0) is 21.4 Å². The maximum atomic E-state index is 12.2. The number of aromatic nitrogens is 2. The van der Waals surface area contributed by atoms with Crippen LogP contribution in [-0.4, -0.2) is 43.9 Å². The molecule has 0 radical (unpaired) electrons. The second kappa shape index (κ2) is 11.0. The van der Waals surface area contributed by atoms with Gasteiger partial charge in [-0.3, -0.25) is 9.10 Å². The first-order valence-electron chi connectivity index (χ1n) is 10.6. The van der Waals surface area contributed by atoms with E-state index in [1.807, 2.05) is 50.2 Å². The van der Waals surface area contributed by atoms with E-state index in [1.165, 1.54) is 4.31 Å². The summed E-state index contributed by atoms with van der Waals surface area (Å²) in [6.45, 7) is 4.66. The van der Waals surface area contributed by atoms with Crippen LogP contribution in [0.3, 0.4) is 0 Å². The first kappa shape index (κ1) is 24.2. The van der Waals surface area contributed by atoms with E-state index >= 15 is 0 Å². The molecule has 9 nitrogen and oxygen atoms in total. The van der Waals surface area contributed by atoms with Crippen LogP contribution in [0.4, 0.5) is 5.69 Å². The molecule has 1 N–H and O–H groups in total. The Labute approximate surface area is 193 Å². The number of nitrogens with zero attached hydrogens (tertiary/aromatic N) is 3. The number of sulfonamides is 1. The first-order valence-corrected chi connectivity index (χ1v) is 12.5. The number of carbonyl (C=O) groups excluding carboxylic acids is 1. The molecule has 1 heterocycles. The van der Waals surface area contributed by atoms with Crippen molar-refractivity contribution in [2.45, 2.75) is 33.2 Å². The molecule has 1 amide bonds. The number of para-hydroxylation sites is 1. The van der Waals surface area contributed by atoms with Crippen molar-refractivity contribution in [3.05, 3.63) is 60.0 Å². The highest BCUT2D eigenvalue weighted by Crippen LogP contribution is 2.23. The molecule has 0 fully saturated rings. The summed E-state index contributed by atoms with van der Waals surface area (Å²) in [7, 11) is -3.46. The van der Waals surface area contributed by atoms with E-state index in [0.717, 1.165) is 23.1 Å². The SMILES string of the molecule is CCOc1ccc(-c2noc(CNC(=O)CCCN(c3ccccc3C)S(C)(=O)=O)n2)cc1. The van der Waals surface area contributed by atoms with Gasteiger partial charge in [0.05, 0.1) is 25.1 Å². The summed E-state index contributed by atoms with van der Waals surface area (Å²) in [6, 6.07) is 14.6. The standard InChI is InChI=1S/C23H28N4O5S/c1-4-31-19-13-11-18(12-14-19)23-25-22(32-26-23)16-24-21(28)10-7-15-27(33(3,29)30)20-9-6-5-8-17(20)2/h5-6,8-9,11-14H,4,7,10,15-16H2,1-3H3,(H,24,28). The predicted molar refractivity (Wildman–Crippen MR) is 125 cm³/mol. The first-order chi connectivity index (χ1) is 15.8. The molecule has 0 aliphatic rings. The zero-order valence-electron chi connectivity index (χ0n) is 18.9. The highest BCUT2D eigenvalue weighted by Gasteiger charge is 2.19. The summed E-state index contributed by atoms with van der Waals surface area (Å²) in [5.74, 6) is 1.23. The summed E-state index contributed by atoms with van der Waals surface area (Å²) in [5.41, 5.74) is 2.25. The number of benzene rings is 2. The summed E-state index contributed by atoms with van der Waals surface area (Å²) in [6.07, 6.45) is 1.70. The number of hydrogen-bond acceptors (Lipinski definition) is 7. The van der Waals surface area contributed by atoms with Crippen LogP contribution in [0.25, 0.3) is 11.4 Å². The Morgan fingerprint density at radius 2 is 1.88 bits per heavy atom. The molecule has 0 unspecified atom stereocenters. The number of ether oxygens (including phenoxy) is 1. The molecule has 0 saturated carbocycles. The van der Waals surface area contributed by atoms with E-state index in [4.69, 9.17) is 9.26 Å². The number of nitrogens with one attached hydrogen (secondary N) is 1. The summed E-state index contributed by atoms with van der Waals surface area (Å²) >= 11 is 0. The van der Waals surface area contributed by atoms with E-state index in [-0.39, 0.29) is 31.3 Å². The van der Waals surface area contributed by atoms with Crippen molar-refractivity contribution in [1.29, 1.82) is 0 Å². The number of carbonyl (C=O) groups is 1. The van der Waals surface area contributed by atoms with Crippen molar-refractivity contribution >= 4 is 21.6 Å². The van der Waals surface area contributed by atoms with E-state index in [0.29, 0.717) is 24.5 Å². The fraction of sp³-hybridized carbons (Fsp3) is 0.348. The lowest BCUT2D eigenvalue weighted by molar-refractivity contribution is -0.121. The molecule has 1 aromatic heterocycles. The van der Waals surface area contributed by atoms with Gasteiger partial charge in [0.2, 0.25) is 27.6 Å². The average Bonchev–Trinajstić information content (AvgIpc) is 3.25. The van der Waals surface area contributed by atoms with Crippen molar-refractivity contribution in [3.8, 4) is 17.1 Å². The normalized spacial score (nSPS) is 11.2. The number of hydrogen-bond donors (Lipinski definition) is 1. The molecular weight excluding hydrogens is 444 g/mol. The summed E-state index contributed by atoms with van der Waals surface area (Å²) < 4.78 is 36.4. The Balaban J connectivity index is 1.50. The lowest BCUT2D eigenvalue weighted by Crippen LogP contribution is -2.32. The minimum absolute atomic E-state index is 0.0937. The second-order valence-electron chi connectivity index (χ2n) is 7.47. The smallest absolute Gasteiger partial charge is 0.246 e. The van der Waals surface area contributed by atoms with Crippen LogP contribution >= 0.6 is 0 Å². The Kier molecular flexibility index (Phi) is 8.05. The van der Waals surface area contributed by atoms with Gasteiger partial charge in [-0.05, 0) is 56.2 Å². The van der Waals surface area contributed by atoms with Crippen molar-refractivity contribution in [2.24, 2.45) is 0 Å². The molecule has 176 valence electrons. The quantitative estimate of drug-likeness (QED) is 0.455. The minimum atomic E-state index is -3.46. The summed E-state index contributed by atoms with van der Waals surface area (Å²) in [4.78, 5) is 16.5. The molecule has 0 spiro atoms. The van der Waals surface area contributed by atoms with Gasteiger partial charge in [0, 0.05) is 18.5 Å². The van der Waals surface area contributed by atoms with Crippen LogP contribution in [0.15, 0.2) is 53.1 Å². The van der Waals surface area contributed by atoms with Gasteiger partial charge in [-0.2, -0.15) is 4.98 Å². The molecule has 3 aromatic rings. The predicted octanol–water partition coefficient (Wildman–Crippen LogP) is 3.31. The average molecular weight is 473 g/mol. The van der Waals surface area contributed by atoms with Gasteiger partial charge < -0.3 is 14.6 Å². The minimum Gasteiger partial charge on any atom is -0.494 e. The molecule has 33 heavy (non-hydrogen) atoms. The molecule has 3 rings (SSSR count). The van der Waals surface area contributed by atoms with Crippen LogP contribution < -0.4 is 14.4 Å². The molecule has 2 aromatic carbocycles. The van der Waals surface area contributed by atoms with Crippen LogP contribution in [0, 0.1) is 6.92 Å². The van der Waals surface area contributed by atoms with Crippen LogP contribution in [0.5, 0.6) is 5.75 Å². The highest BCUT2D eigenvalue weighted by molar-refractivity contribution is 7.92. The molecule has 0 saturated heterocycles. The van der Waals surface area contributed by atoms with Gasteiger partial charge in [0.25, 0.3) is 0 Å². The van der Waals surface area contributed by atoms with Gasteiger partial charge in [-0.25, -0.2) is 8.42 Å². The zero-order valence-corrected chi connectivity index (χ0v) is 19.8. The fourth-order valence-corrected chi connectivity index (χ4v) is 4.29. The molecular formula is C23H28N4O5S. The monoisotopic (exact) mass is 472 g/mol. The maximum Gasteiger partial charge on any atom is 0.246 e. The topological polar surface area (TPSA) is 115 Å². The van der Waals surface area contributed by atoms with Gasteiger partial charge in [0.1, 0.15) is 5.75 Å². The third kappa shape index (κ3) is 6.79. The van der Waals surface area contributed by atoms with Gasteiger partial charge >= 0.3 is 0 Å². The van der Waals surface area contributed by atoms with Gasteiger partial charge in [0.15, 0.2) is 0 Å². The van der Waals surface area contributed by atoms with Crippen molar-refractivity contribution in [3.63, 3.8) is 0 Å². The number of aryl methyl sites for hydroxylation is 1. The Hall–Kier alpha value is -3.40. The third-order valence-electron chi connectivity index (χ3n) is 4.88. The second-order valence-corrected chi connectivity index (χ2v) is 9.38. The van der Waals surface area contributed by atoms with Crippen molar-refractivity contribution in [2.75, 3.05) is 23.7 Å². The lowest BCUT2D eigenvalue weighted by Gasteiger charge is -2.24. The highest BCUT2D eigenvalue weighted by atomic mass is 32.2. The van der Waals surface area contributed by atoms with Crippen molar-refractivity contribution in [1.82, 2.24) is 15.5 Å². The molecule has 10 heteroatoms. The third-order valence-corrected chi connectivity index (χ3v) is 6.06. The zero-order chi connectivity index (χ0) is 23.8. The van der Waals surface area contributed by atoms with Gasteiger partial charge in [-0.15, -0.1) is 0 Å². The van der Waals surface area contributed by atoms with Crippen molar-refractivity contribution < 1.29 is 22.5 Å². The van der Waals surface area contributed by atoms with Crippen LogP contribution in [0.1, 0.15) is 31.2 Å². The van der Waals surface area contributed by atoms with Gasteiger partial charge in [-0.1, -0.05) is 23.4 Å². The number of amides is 1. The number of rotatable bonds is 11.